The second kappa shape index (κ2) is 8.45. The second-order valence-electron chi connectivity index (χ2n) is 5.21. The Hall–Kier alpha value is -1.51. The Morgan fingerprint density at radius 2 is 1.88 bits per heavy atom. The lowest BCUT2D eigenvalue weighted by atomic mass is 10.3. The molecule has 0 atom stereocenters. The summed E-state index contributed by atoms with van der Waals surface area (Å²) in [5.41, 5.74) is 0.287. The van der Waals surface area contributed by atoms with Crippen molar-refractivity contribution in [3.63, 3.8) is 0 Å². The third kappa shape index (κ3) is 4.61. The zero-order chi connectivity index (χ0) is 19.5. The zero-order valence-electron chi connectivity index (χ0n) is 13.8. The zero-order valence-corrected chi connectivity index (χ0v) is 16.9. The molecule has 0 unspecified atom stereocenters. The monoisotopic (exact) mass is 436 g/mol. The first-order chi connectivity index (χ1) is 12.2. The molecule has 0 aliphatic carbocycles. The highest BCUT2D eigenvalue weighted by molar-refractivity contribution is 7.89. The maximum atomic E-state index is 12.7. The van der Waals surface area contributed by atoms with Crippen LogP contribution in [0.3, 0.4) is 0 Å². The van der Waals surface area contributed by atoms with E-state index in [1.54, 1.807) is 18.2 Å². The minimum absolute atomic E-state index is 0.125. The molecule has 1 N–H and O–H groups in total. The van der Waals surface area contributed by atoms with Crippen LogP contribution in [-0.4, -0.2) is 39.3 Å². The summed E-state index contributed by atoms with van der Waals surface area (Å²) in [4.78, 5) is 12.1. The van der Waals surface area contributed by atoms with Crippen molar-refractivity contribution >= 4 is 56.4 Å². The molecule has 0 aromatic heterocycles. The standard InChI is InChI=1S/C16H15Cl3N2O4S/c1-21(9-15(22)20-12-5-3-4-11(18)16(12)19)26(23,24)14-8-10(17)6-7-13(14)25-2/h3-8H,9H2,1-2H3,(H,20,22). The molecule has 0 spiro atoms. The Kier molecular flexibility index (Phi) is 6.76. The van der Waals surface area contributed by atoms with Crippen LogP contribution in [0.25, 0.3) is 0 Å². The number of carbonyl (C=O) groups excluding carboxylic acids is 1. The average molecular weight is 438 g/mol. The van der Waals surface area contributed by atoms with Crippen molar-refractivity contribution in [3.05, 3.63) is 51.5 Å². The molecular formula is C16H15Cl3N2O4S. The quantitative estimate of drug-likeness (QED) is 0.743. The van der Waals surface area contributed by atoms with Crippen LogP contribution in [0, 0.1) is 0 Å². The topological polar surface area (TPSA) is 75.7 Å². The van der Waals surface area contributed by atoms with Gasteiger partial charge in [0.2, 0.25) is 15.9 Å². The van der Waals surface area contributed by atoms with E-state index in [4.69, 9.17) is 39.5 Å². The highest BCUT2D eigenvalue weighted by atomic mass is 35.5. The Bertz CT molecular complexity index is 935. The van der Waals surface area contributed by atoms with E-state index in [0.717, 1.165) is 4.31 Å². The van der Waals surface area contributed by atoms with Crippen LogP contribution in [-0.2, 0) is 14.8 Å². The second-order valence-corrected chi connectivity index (χ2v) is 8.44. The van der Waals surface area contributed by atoms with Gasteiger partial charge in [-0.1, -0.05) is 40.9 Å². The van der Waals surface area contributed by atoms with Gasteiger partial charge in [-0.25, -0.2) is 8.42 Å². The number of nitrogens with zero attached hydrogens (tertiary/aromatic N) is 1. The number of halogens is 3. The number of carbonyl (C=O) groups is 1. The fourth-order valence-electron chi connectivity index (χ4n) is 2.10. The first-order valence-electron chi connectivity index (χ1n) is 7.20. The molecule has 2 rings (SSSR count). The number of amides is 1. The number of rotatable bonds is 6. The predicted molar refractivity (Wildman–Crippen MR) is 103 cm³/mol. The maximum Gasteiger partial charge on any atom is 0.247 e. The van der Waals surface area contributed by atoms with Gasteiger partial charge in [-0.15, -0.1) is 0 Å². The molecule has 2 aromatic carbocycles. The summed E-state index contributed by atoms with van der Waals surface area (Å²) in [5, 5.41) is 3.20. The SMILES string of the molecule is COc1ccc(Cl)cc1S(=O)(=O)N(C)CC(=O)Nc1cccc(Cl)c1Cl. The number of sulfonamides is 1. The van der Waals surface area contributed by atoms with Gasteiger partial charge in [0.15, 0.2) is 0 Å². The largest absolute Gasteiger partial charge is 0.495 e. The summed E-state index contributed by atoms with van der Waals surface area (Å²) >= 11 is 17.8. The van der Waals surface area contributed by atoms with E-state index in [0.29, 0.717) is 0 Å². The molecule has 2 aromatic rings. The molecule has 0 bridgehead atoms. The lowest BCUT2D eigenvalue weighted by Crippen LogP contribution is -2.35. The molecule has 1 amide bonds. The lowest BCUT2D eigenvalue weighted by molar-refractivity contribution is -0.116. The van der Waals surface area contributed by atoms with Crippen LogP contribution in [0.1, 0.15) is 0 Å². The van der Waals surface area contributed by atoms with E-state index in [9.17, 15) is 13.2 Å². The molecular weight excluding hydrogens is 423 g/mol. The van der Waals surface area contributed by atoms with E-state index in [1.165, 1.54) is 32.4 Å². The van der Waals surface area contributed by atoms with Gasteiger partial charge >= 0.3 is 0 Å². The Balaban J connectivity index is 2.20. The van der Waals surface area contributed by atoms with Crippen molar-refractivity contribution in [2.45, 2.75) is 4.90 Å². The number of benzene rings is 2. The Labute approximate surface area is 166 Å². The summed E-state index contributed by atoms with van der Waals surface area (Å²) < 4.78 is 31.4. The fraction of sp³-hybridized carbons (Fsp3) is 0.188. The number of nitrogens with one attached hydrogen (secondary N) is 1. The lowest BCUT2D eigenvalue weighted by Gasteiger charge is -2.19. The number of likely N-dealkylation sites (N-methyl/N-ethyl adjacent to an activating group) is 1. The normalized spacial score (nSPS) is 11.5. The smallest absolute Gasteiger partial charge is 0.247 e. The summed E-state index contributed by atoms with van der Waals surface area (Å²) in [6, 6.07) is 8.95. The van der Waals surface area contributed by atoms with E-state index in [1.807, 2.05) is 0 Å². The van der Waals surface area contributed by atoms with Gasteiger partial charge in [0, 0.05) is 12.1 Å². The highest BCUT2D eigenvalue weighted by Crippen LogP contribution is 2.30. The molecule has 0 fully saturated rings. The van der Waals surface area contributed by atoms with Gasteiger partial charge in [-0.05, 0) is 30.3 Å². The van der Waals surface area contributed by atoms with E-state index in [2.05, 4.69) is 5.32 Å². The predicted octanol–water partition coefficient (Wildman–Crippen LogP) is 3.91. The Morgan fingerprint density at radius 3 is 2.54 bits per heavy atom. The Morgan fingerprint density at radius 1 is 1.19 bits per heavy atom. The van der Waals surface area contributed by atoms with Crippen molar-refractivity contribution in [2.24, 2.45) is 0 Å². The average Bonchev–Trinajstić information content (AvgIpc) is 2.58. The molecule has 0 saturated carbocycles. The fourth-order valence-corrected chi connectivity index (χ4v) is 3.99. The van der Waals surface area contributed by atoms with Gasteiger partial charge in [-0.3, -0.25) is 4.79 Å². The van der Waals surface area contributed by atoms with Gasteiger partial charge < -0.3 is 10.1 Å². The molecule has 26 heavy (non-hydrogen) atoms. The summed E-state index contributed by atoms with van der Waals surface area (Å²) in [5.74, 6) is -0.458. The molecule has 0 radical (unpaired) electrons. The molecule has 0 heterocycles. The van der Waals surface area contributed by atoms with Crippen LogP contribution >= 0.6 is 34.8 Å². The minimum Gasteiger partial charge on any atom is -0.495 e. The number of hydrogen-bond acceptors (Lipinski definition) is 4. The summed E-state index contributed by atoms with van der Waals surface area (Å²) in [7, 11) is -1.39. The van der Waals surface area contributed by atoms with Crippen LogP contribution in [0.5, 0.6) is 5.75 Å². The first kappa shape index (κ1) is 20.8. The first-order valence-corrected chi connectivity index (χ1v) is 9.78. The molecule has 6 nitrogen and oxygen atoms in total. The van der Waals surface area contributed by atoms with Crippen molar-refractivity contribution in [1.29, 1.82) is 0 Å². The minimum atomic E-state index is -4.01. The van der Waals surface area contributed by atoms with Crippen LogP contribution in [0.2, 0.25) is 15.1 Å². The van der Waals surface area contributed by atoms with Crippen molar-refractivity contribution < 1.29 is 17.9 Å². The number of anilines is 1. The van der Waals surface area contributed by atoms with Crippen molar-refractivity contribution in [1.82, 2.24) is 4.31 Å². The summed E-state index contributed by atoms with van der Waals surface area (Å²) in [6.07, 6.45) is 0. The van der Waals surface area contributed by atoms with Crippen molar-refractivity contribution in [3.8, 4) is 5.75 Å². The van der Waals surface area contributed by atoms with Crippen LogP contribution < -0.4 is 10.1 Å². The third-order valence-electron chi connectivity index (χ3n) is 3.41. The molecule has 140 valence electrons. The number of ether oxygens (including phenoxy) is 1. The van der Waals surface area contributed by atoms with Crippen LogP contribution in [0.15, 0.2) is 41.3 Å². The van der Waals surface area contributed by atoms with Gasteiger partial charge in [0.25, 0.3) is 0 Å². The van der Waals surface area contributed by atoms with Gasteiger partial charge in [-0.2, -0.15) is 4.31 Å². The van der Waals surface area contributed by atoms with E-state index in [-0.39, 0.29) is 31.4 Å². The molecule has 0 saturated heterocycles. The van der Waals surface area contributed by atoms with Crippen LogP contribution in [0.4, 0.5) is 5.69 Å². The maximum absolute atomic E-state index is 12.7. The number of methoxy groups -OCH3 is 1. The summed E-state index contributed by atoms with van der Waals surface area (Å²) in [6.45, 7) is -0.444. The van der Waals surface area contributed by atoms with Gasteiger partial charge in [0.05, 0.1) is 29.4 Å². The van der Waals surface area contributed by atoms with E-state index < -0.39 is 22.5 Å². The molecule has 0 aliphatic rings. The van der Waals surface area contributed by atoms with Gasteiger partial charge in [0.1, 0.15) is 10.6 Å². The molecule has 0 aliphatic heterocycles. The van der Waals surface area contributed by atoms with Crippen molar-refractivity contribution in [2.75, 3.05) is 26.0 Å². The third-order valence-corrected chi connectivity index (χ3v) is 6.28. The number of hydrogen-bond donors (Lipinski definition) is 1. The van der Waals surface area contributed by atoms with E-state index >= 15 is 0 Å². The highest BCUT2D eigenvalue weighted by Gasteiger charge is 2.27. The molecule has 10 heteroatoms.